The predicted molar refractivity (Wildman–Crippen MR) is 85.9 cm³/mol. The summed E-state index contributed by atoms with van der Waals surface area (Å²) in [5.74, 6) is 0.587. The minimum Gasteiger partial charge on any atom is -0.441 e. The number of nitrogens with one attached hydrogen (secondary N) is 1. The van der Waals surface area contributed by atoms with Crippen LogP contribution in [0.4, 0.5) is 10.5 Å². The van der Waals surface area contributed by atoms with Crippen molar-refractivity contribution in [3.05, 3.63) is 24.1 Å². The molecule has 2 amide bonds. The van der Waals surface area contributed by atoms with E-state index in [4.69, 9.17) is 4.42 Å². The first-order chi connectivity index (χ1) is 10.2. The number of urea groups is 1. The van der Waals surface area contributed by atoms with E-state index in [0.717, 1.165) is 0 Å². The third-order valence-electron chi connectivity index (χ3n) is 3.71. The van der Waals surface area contributed by atoms with Crippen molar-refractivity contribution in [2.24, 2.45) is 5.41 Å². The molecule has 2 rings (SSSR count). The number of anilines is 1. The summed E-state index contributed by atoms with van der Waals surface area (Å²) < 4.78 is 5.41. The maximum Gasteiger partial charge on any atom is 0.321 e. The van der Waals surface area contributed by atoms with Crippen LogP contribution in [0.15, 0.2) is 22.6 Å². The second kappa shape index (κ2) is 5.96. The average molecular weight is 305 g/mol. The molecule has 0 aliphatic carbocycles. The van der Waals surface area contributed by atoms with Crippen LogP contribution >= 0.6 is 0 Å². The highest BCUT2D eigenvalue weighted by molar-refractivity contribution is 5.91. The molecule has 0 aliphatic rings. The largest absolute Gasteiger partial charge is 0.441 e. The van der Waals surface area contributed by atoms with Crippen LogP contribution in [0.3, 0.4) is 0 Å². The Hall–Kier alpha value is -2.08. The zero-order valence-corrected chi connectivity index (χ0v) is 13.7. The number of carbonyl (C=O) groups excluding carboxylic acids is 1. The molecule has 1 atom stereocenters. The Balaban J connectivity index is 2.15. The van der Waals surface area contributed by atoms with Crippen molar-refractivity contribution in [3.63, 3.8) is 0 Å². The van der Waals surface area contributed by atoms with Gasteiger partial charge in [0.2, 0.25) is 0 Å². The maximum atomic E-state index is 12.4. The second-order valence-electron chi connectivity index (χ2n) is 6.52. The first kappa shape index (κ1) is 16.3. The number of fused-ring (bicyclic) bond motifs is 1. The van der Waals surface area contributed by atoms with Crippen molar-refractivity contribution < 1.29 is 14.3 Å². The summed E-state index contributed by atoms with van der Waals surface area (Å²) >= 11 is 0. The van der Waals surface area contributed by atoms with Crippen LogP contribution in [0.25, 0.3) is 11.1 Å². The van der Waals surface area contributed by atoms with Crippen molar-refractivity contribution in [1.29, 1.82) is 0 Å². The third kappa shape index (κ3) is 3.39. The molecule has 0 saturated carbocycles. The number of carbonyl (C=O) groups is 1. The lowest BCUT2D eigenvalue weighted by atomic mass is 9.86. The normalized spacial score (nSPS) is 13.2. The molecule has 0 bridgehead atoms. The van der Waals surface area contributed by atoms with Gasteiger partial charge in [-0.25, -0.2) is 9.78 Å². The molecule has 6 heteroatoms. The molecule has 120 valence electrons. The van der Waals surface area contributed by atoms with E-state index in [0.29, 0.717) is 22.7 Å². The number of hydrogen-bond acceptors (Lipinski definition) is 4. The van der Waals surface area contributed by atoms with Crippen LogP contribution < -0.4 is 5.32 Å². The molecule has 0 aliphatic heterocycles. The van der Waals surface area contributed by atoms with Crippen molar-refractivity contribution in [1.82, 2.24) is 9.88 Å². The van der Waals surface area contributed by atoms with Crippen LogP contribution in [-0.4, -0.2) is 40.7 Å². The number of rotatable bonds is 3. The van der Waals surface area contributed by atoms with Crippen LogP contribution in [0.5, 0.6) is 0 Å². The highest BCUT2D eigenvalue weighted by atomic mass is 16.3. The number of aryl methyl sites for hydroxylation is 1. The fourth-order valence-corrected chi connectivity index (χ4v) is 2.45. The monoisotopic (exact) mass is 305 g/mol. The van der Waals surface area contributed by atoms with Crippen LogP contribution in [0, 0.1) is 12.3 Å². The SMILES string of the molecule is Cc1nc2cc(NC(=O)N(C)C(CO)C(C)(C)C)ccc2o1. The summed E-state index contributed by atoms with van der Waals surface area (Å²) in [6.45, 7) is 7.65. The van der Waals surface area contributed by atoms with Gasteiger partial charge in [0.1, 0.15) is 5.52 Å². The minimum absolute atomic E-state index is 0.0884. The van der Waals surface area contributed by atoms with E-state index in [9.17, 15) is 9.90 Å². The zero-order valence-electron chi connectivity index (χ0n) is 13.7. The summed E-state index contributed by atoms with van der Waals surface area (Å²) in [6, 6.07) is 4.77. The van der Waals surface area contributed by atoms with Gasteiger partial charge in [-0.1, -0.05) is 20.8 Å². The quantitative estimate of drug-likeness (QED) is 0.913. The zero-order chi connectivity index (χ0) is 16.5. The standard InChI is InChI=1S/C16H23N3O3/c1-10-17-12-8-11(6-7-13(12)22-10)18-15(21)19(5)14(9-20)16(2,3)4/h6-8,14,20H,9H2,1-5H3,(H,18,21). The average Bonchev–Trinajstić information content (AvgIpc) is 2.77. The summed E-state index contributed by atoms with van der Waals surface area (Å²) in [5.41, 5.74) is 1.82. The Bertz CT molecular complexity index is 673. The lowest BCUT2D eigenvalue weighted by Crippen LogP contribution is -2.48. The van der Waals surface area contributed by atoms with Gasteiger partial charge in [0, 0.05) is 19.7 Å². The van der Waals surface area contributed by atoms with Crippen molar-refractivity contribution >= 4 is 22.8 Å². The first-order valence-electron chi connectivity index (χ1n) is 7.24. The Labute approximate surface area is 130 Å². The fraction of sp³-hybridized carbons (Fsp3) is 0.500. The summed E-state index contributed by atoms with van der Waals surface area (Å²) in [6.07, 6.45) is 0. The topological polar surface area (TPSA) is 78.6 Å². The van der Waals surface area contributed by atoms with E-state index in [2.05, 4.69) is 10.3 Å². The van der Waals surface area contributed by atoms with Gasteiger partial charge in [0.05, 0.1) is 12.6 Å². The minimum atomic E-state index is -0.273. The first-order valence-corrected chi connectivity index (χ1v) is 7.24. The van der Waals surface area contributed by atoms with E-state index in [1.54, 1.807) is 32.2 Å². The molecule has 2 N–H and O–H groups in total. The van der Waals surface area contributed by atoms with Crippen LogP contribution in [-0.2, 0) is 0 Å². The molecular formula is C16H23N3O3. The molecule has 1 heterocycles. The van der Waals surface area contributed by atoms with Gasteiger partial charge in [-0.2, -0.15) is 0 Å². The van der Waals surface area contributed by atoms with Gasteiger partial charge >= 0.3 is 6.03 Å². The van der Waals surface area contributed by atoms with Gasteiger partial charge in [0.25, 0.3) is 0 Å². The number of amides is 2. The molecule has 1 aromatic heterocycles. The highest BCUT2D eigenvalue weighted by Gasteiger charge is 2.30. The molecule has 6 nitrogen and oxygen atoms in total. The van der Waals surface area contributed by atoms with E-state index in [1.165, 1.54) is 4.90 Å². The Morgan fingerprint density at radius 2 is 2.14 bits per heavy atom. The molecule has 1 aromatic carbocycles. The van der Waals surface area contributed by atoms with E-state index in [1.807, 2.05) is 20.8 Å². The highest BCUT2D eigenvalue weighted by Crippen LogP contribution is 2.24. The van der Waals surface area contributed by atoms with Gasteiger partial charge in [-0.15, -0.1) is 0 Å². The number of nitrogens with zero attached hydrogens (tertiary/aromatic N) is 2. The maximum absolute atomic E-state index is 12.4. The second-order valence-corrected chi connectivity index (χ2v) is 6.52. The van der Waals surface area contributed by atoms with Crippen molar-refractivity contribution in [2.75, 3.05) is 19.0 Å². The lowest BCUT2D eigenvalue weighted by Gasteiger charge is -2.36. The molecule has 2 aromatic rings. The molecule has 22 heavy (non-hydrogen) atoms. The Morgan fingerprint density at radius 1 is 1.45 bits per heavy atom. The van der Waals surface area contributed by atoms with E-state index < -0.39 is 0 Å². The van der Waals surface area contributed by atoms with E-state index in [-0.39, 0.29) is 24.1 Å². The number of oxazole rings is 1. The van der Waals surface area contributed by atoms with Crippen LogP contribution in [0.2, 0.25) is 0 Å². The third-order valence-corrected chi connectivity index (χ3v) is 3.71. The lowest BCUT2D eigenvalue weighted by molar-refractivity contribution is 0.0886. The smallest absolute Gasteiger partial charge is 0.321 e. The fourth-order valence-electron chi connectivity index (χ4n) is 2.45. The number of aliphatic hydroxyl groups excluding tert-OH is 1. The van der Waals surface area contributed by atoms with Gasteiger partial charge in [0.15, 0.2) is 11.5 Å². The van der Waals surface area contributed by atoms with Crippen molar-refractivity contribution in [2.45, 2.75) is 33.7 Å². The number of aliphatic hydroxyl groups is 1. The molecular weight excluding hydrogens is 282 g/mol. The summed E-state index contributed by atoms with van der Waals surface area (Å²) in [5, 5.41) is 12.4. The Kier molecular flexibility index (Phi) is 4.42. The number of hydrogen-bond donors (Lipinski definition) is 2. The Morgan fingerprint density at radius 3 is 2.73 bits per heavy atom. The van der Waals surface area contributed by atoms with Crippen LogP contribution in [0.1, 0.15) is 26.7 Å². The molecule has 1 unspecified atom stereocenters. The molecule has 0 radical (unpaired) electrons. The molecule has 0 fully saturated rings. The predicted octanol–water partition coefficient (Wildman–Crippen LogP) is 3.01. The molecule has 0 spiro atoms. The van der Waals surface area contributed by atoms with Gasteiger partial charge < -0.3 is 19.7 Å². The summed E-state index contributed by atoms with van der Waals surface area (Å²) in [4.78, 5) is 18.1. The van der Waals surface area contributed by atoms with Crippen molar-refractivity contribution in [3.8, 4) is 0 Å². The summed E-state index contributed by atoms with van der Waals surface area (Å²) in [7, 11) is 1.68. The van der Waals surface area contributed by atoms with E-state index >= 15 is 0 Å². The molecule has 0 saturated heterocycles. The number of aromatic nitrogens is 1. The number of likely N-dealkylation sites (N-methyl/N-ethyl adjacent to an activating group) is 1. The van der Waals surface area contributed by atoms with Gasteiger partial charge in [-0.3, -0.25) is 0 Å². The van der Waals surface area contributed by atoms with Gasteiger partial charge in [-0.05, 0) is 23.6 Å². The number of benzene rings is 1.